The standard InChI is InChI=1S/C12H13ClN2O3S2/c1-18-11-8-9(13)2-3-12(11)20(16,17)15-7-5-10-4-6-14-19-10/h2-4,6,8,15H,5,7H2,1H3. The Balaban J connectivity index is 2.10. The van der Waals surface area contributed by atoms with E-state index in [0.717, 1.165) is 4.88 Å². The monoisotopic (exact) mass is 332 g/mol. The zero-order valence-corrected chi connectivity index (χ0v) is 13.1. The smallest absolute Gasteiger partial charge is 0.244 e. The van der Waals surface area contributed by atoms with Crippen molar-refractivity contribution < 1.29 is 13.2 Å². The highest BCUT2D eigenvalue weighted by molar-refractivity contribution is 7.89. The molecule has 0 bridgehead atoms. The molecule has 5 nitrogen and oxygen atoms in total. The van der Waals surface area contributed by atoms with Gasteiger partial charge in [0.1, 0.15) is 10.6 Å². The van der Waals surface area contributed by atoms with Crippen LogP contribution in [0.2, 0.25) is 5.02 Å². The highest BCUT2D eigenvalue weighted by atomic mass is 35.5. The van der Waals surface area contributed by atoms with E-state index in [-0.39, 0.29) is 10.6 Å². The molecule has 0 spiro atoms. The van der Waals surface area contributed by atoms with Gasteiger partial charge in [0.25, 0.3) is 0 Å². The zero-order valence-electron chi connectivity index (χ0n) is 10.7. The van der Waals surface area contributed by atoms with Gasteiger partial charge in [0.05, 0.1) is 7.11 Å². The van der Waals surface area contributed by atoms with Crippen molar-refractivity contribution >= 4 is 33.2 Å². The maximum Gasteiger partial charge on any atom is 0.244 e. The molecule has 8 heteroatoms. The van der Waals surface area contributed by atoms with Gasteiger partial charge in [-0.2, -0.15) is 0 Å². The molecule has 0 amide bonds. The summed E-state index contributed by atoms with van der Waals surface area (Å²) in [6.07, 6.45) is 2.29. The number of halogens is 1. The minimum atomic E-state index is -3.62. The Morgan fingerprint density at radius 2 is 2.20 bits per heavy atom. The summed E-state index contributed by atoms with van der Waals surface area (Å²) in [5, 5.41) is 0.422. The van der Waals surface area contributed by atoms with E-state index in [2.05, 4.69) is 9.10 Å². The summed E-state index contributed by atoms with van der Waals surface area (Å²) in [7, 11) is -2.22. The van der Waals surface area contributed by atoms with Gasteiger partial charge in [-0.05, 0) is 36.2 Å². The van der Waals surface area contributed by atoms with Crippen molar-refractivity contribution in [3.05, 3.63) is 40.4 Å². The van der Waals surface area contributed by atoms with Crippen LogP contribution in [0.1, 0.15) is 4.88 Å². The first-order valence-electron chi connectivity index (χ1n) is 5.75. The third-order valence-corrected chi connectivity index (χ3v) is 5.11. The SMILES string of the molecule is COc1cc(Cl)ccc1S(=O)(=O)NCCc1ccns1. The van der Waals surface area contributed by atoms with Gasteiger partial charge in [-0.15, -0.1) is 0 Å². The Kier molecular flexibility index (Phi) is 4.98. The molecule has 0 saturated heterocycles. The highest BCUT2D eigenvalue weighted by Crippen LogP contribution is 2.26. The van der Waals surface area contributed by atoms with Gasteiger partial charge in [0.2, 0.25) is 10.0 Å². The topological polar surface area (TPSA) is 68.3 Å². The molecule has 108 valence electrons. The van der Waals surface area contributed by atoms with E-state index in [4.69, 9.17) is 16.3 Å². The van der Waals surface area contributed by atoms with Crippen LogP contribution in [0.4, 0.5) is 0 Å². The lowest BCUT2D eigenvalue weighted by atomic mass is 10.3. The number of nitrogens with one attached hydrogen (secondary N) is 1. The summed E-state index contributed by atoms with van der Waals surface area (Å²) >= 11 is 7.17. The van der Waals surface area contributed by atoms with Crippen molar-refractivity contribution in [1.29, 1.82) is 0 Å². The predicted molar refractivity (Wildman–Crippen MR) is 79.0 cm³/mol. The van der Waals surface area contributed by atoms with Gasteiger partial charge in [0, 0.05) is 28.7 Å². The minimum Gasteiger partial charge on any atom is -0.495 e. The molecule has 1 aromatic carbocycles. The van der Waals surface area contributed by atoms with Crippen molar-refractivity contribution in [2.75, 3.05) is 13.7 Å². The maximum absolute atomic E-state index is 12.2. The normalized spacial score (nSPS) is 11.5. The summed E-state index contributed by atoms with van der Waals surface area (Å²) in [5.74, 6) is 0.225. The Labute approximate surface area is 126 Å². The number of sulfonamides is 1. The minimum absolute atomic E-state index is 0.0775. The van der Waals surface area contributed by atoms with Gasteiger partial charge >= 0.3 is 0 Å². The lowest BCUT2D eigenvalue weighted by molar-refractivity contribution is 0.402. The lowest BCUT2D eigenvalue weighted by Gasteiger charge is -2.10. The largest absolute Gasteiger partial charge is 0.495 e. The molecule has 2 rings (SSSR count). The fraction of sp³-hybridized carbons (Fsp3) is 0.250. The van der Waals surface area contributed by atoms with E-state index in [1.165, 1.54) is 36.8 Å². The van der Waals surface area contributed by atoms with Crippen LogP contribution >= 0.6 is 23.1 Å². The Morgan fingerprint density at radius 1 is 1.40 bits per heavy atom. The molecule has 0 atom stereocenters. The molecule has 2 aromatic rings. The number of ether oxygens (including phenoxy) is 1. The molecule has 0 aliphatic rings. The number of benzene rings is 1. The molecule has 0 saturated carbocycles. The van der Waals surface area contributed by atoms with Crippen LogP contribution in [0.3, 0.4) is 0 Å². The van der Waals surface area contributed by atoms with Gasteiger partial charge in [-0.1, -0.05) is 11.6 Å². The second-order valence-electron chi connectivity index (χ2n) is 3.92. The van der Waals surface area contributed by atoms with Gasteiger partial charge in [-0.3, -0.25) is 0 Å². The van der Waals surface area contributed by atoms with Crippen LogP contribution in [-0.4, -0.2) is 26.4 Å². The summed E-state index contributed by atoms with van der Waals surface area (Å²) in [4.78, 5) is 1.10. The summed E-state index contributed by atoms with van der Waals surface area (Å²) in [6.45, 7) is 0.302. The van der Waals surface area contributed by atoms with E-state index in [1.54, 1.807) is 6.20 Å². The van der Waals surface area contributed by atoms with E-state index in [9.17, 15) is 8.42 Å². The van der Waals surface area contributed by atoms with Crippen molar-refractivity contribution in [3.63, 3.8) is 0 Å². The van der Waals surface area contributed by atoms with Crippen LogP contribution in [0.5, 0.6) is 5.75 Å². The Morgan fingerprint density at radius 3 is 2.85 bits per heavy atom. The van der Waals surface area contributed by atoms with Crippen LogP contribution in [0.25, 0.3) is 0 Å². The molecular weight excluding hydrogens is 320 g/mol. The first kappa shape index (κ1) is 15.2. The summed E-state index contributed by atoms with van der Waals surface area (Å²) in [6, 6.07) is 6.28. The molecule has 0 fully saturated rings. The summed E-state index contributed by atoms with van der Waals surface area (Å²) in [5.41, 5.74) is 0. The molecule has 1 heterocycles. The van der Waals surface area contributed by atoms with Crippen molar-refractivity contribution in [2.45, 2.75) is 11.3 Å². The Hall–Kier alpha value is -1.15. The molecule has 0 aliphatic carbocycles. The van der Waals surface area contributed by atoms with Crippen LogP contribution < -0.4 is 9.46 Å². The van der Waals surface area contributed by atoms with Crippen molar-refractivity contribution in [3.8, 4) is 5.75 Å². The fourth-order valence-corrected chi connectivity index (χ4v) is 3.54. The average Bonchev–Trinajstić information content (AvgIpc) is 2.91. The van der Waals surface area contributed by atoms with Crippen LogP contribution in [-0.2, 0) is 16.4 Å². The zero-order chi connectivity index (χ0) is 14.6. The second-order valence-corrected chi connectivity index (χ2v) is 7.01. The number of hydrogen-bond donors (Lipinski definition) is 1. The molecular formula is C12H13ClN2O3S2. The maximum atomic E-state index is 12.2. The van der Waals surface area contributed by atoms with Gasteiger partial charge < -0.3 is 4.74 Å². The quantitative estimate of drug-likeness (QED) is 0.881. The number of rotatable bonds is 6. The van der Waals surface area contributed by atoms with E-state index in [0.29, 0.717) is 18.0 Å². The number of methoxy groups -OCH3 is 1. The van der Waals surface area contributed by atoms with Crippen LogP contribution in [0, 0.1) is 0 Å². The van der Waals surface area contributed by atoms with E-state index in [1.807, 2.05) is 6.07 Å². The first-order chi connectivity index (χ1) is 9.53. The lowest BCUT2D eigenvalue weighted by Crippen LogP contribution is -2.26. The second kappa shape index (κ2) is 6.53. The molecule has 0 aliphatic heterocycles. The molecule has 0 radical (unpaired) electrons. The Bertz CT molecular complexity index is 672. The number of nitrogens with zero attached hydrogens (tertiary/aromatic N) is 1. The van der Waals surface area contributed by atoms with Crippen molar-refractivity contribution in [2.24, 2.45) is 0 Å². The molecule has 20 heavy (non-hydrogen) atoms. The van der Waals surface area contributed by atoms with E-state index >= 15 is 0 Å². The van der Waals surface area contributed by atoms with Gasteiger partial charge in [-0.25, -0.2) is 17.5 Å². The van der Waals surface area contributed by atoms with Gasteiger partial charge in [0.15, 0.2) is 0 Å². The number of aromatic nitrogens is 1. The molecule has 0 unspecified atom stereocenters. The fourth-order valence-electron chi connectivity index (χ4n) is 1.62. The first-order valence-corrected chi connectivity index (χ1v) is 8.39. The van der Waals surface area contributed by atoms with Crippen LogP contribution in [0.15, 0.2) is 35.4 Å². The third kappa shape index (κ3) is 3.69. The van der Waals surface area contributed by atoms with E-state index < -0.39 is 10.0 Å². The predicted octanol–water partition coefficient (Wildman–Crippen LogP) is 2.33. The number of hydrogen-bond acceptors (Lipinski definition) is 5. The molecule has 1 aromatic heterocycles. The molecule has 1 N–H and O–H groups in total. The highest BCUT2D eigenvalue weighted by Gasteiger charge is 2.19. The summed E-state index contributed by atoms with van der Waals surface area (Å²) < 4.78 is 36.0. The van der Waals surface area contributed by atoms with Crippen molar-refractivity contribution in [1.82, 2.24) is 9.10 Å². The average molecular weight is 333 g/mol. The third-order valence-electron chi connectivity index (χ3n) is 2.57.